The third-order valence-electron chi connectivity index (χ3n) is 5.08. The largest absolute Gasteiger partial charge is 0.496 e. The minimum atomic E-state index is 0.0442. The first-order valence-electron chi connectivity index (χ1n) is 9.48. The number of aromatic amines is 1. The molecule has 0 atom stereocenters. The highest BCUT2D eigenvalue weighted by Crippen LogP contribution is 2.27. The molecule has 0 saturated carbocycles. The SMILES string of the molecule is COc1ccccc1CC(=O)NC1CCN(c2cc(-c3cccs3)[nH]n2)CC1. The van der Waals surface area contributed by atoms with Crippen LogP contribution < -0.4 is 15.0 Å². The maximum atomic E-state index is 12.4. The first-order valence-corrected chi connectivity index (χ1v) is 10.4. The van der Waals surface area contributed by atoms with Crippen molar-refractivity contribution in [1.29, 1.82) is 0 Å². The van der Waals surface area contributed by atoms with Crippen molar-refractivity contribution in [1.82, 2.24) is 15.5 Å². The molecule has 28 heavy (non-hydrogen) atoms. The van der Waals surface area contributed by atoms with Crippen LogP contribution in [0.5, 0.6) is 5.75 Å². The molecule has 1 amide bonds. The number of nitrogens with one attached hydrogen (secondary N) is 2. The average molecular weight is 397 g/mol. The van der Waals surface area contributed by atoms with Gasteiger partial charge in [0.2, 0.25) is 5.91 Å². The minimum absolute atomic E-state index is 0.0442. The smallest absolute Gasteiger partial charge is 0.224 e. The van der Waals surface area contributed by atoms with Crippen molar-refractivity contribution >= 4 is 23.1 Å². The van der Waals surface area contributed by atoms with E-state index in [4.69, 9.17) is 4.74 Å². The Balaban J connectivity index is 1.29. The van der Waals surface area contributed by atoms with Crippen LogP contribution >= 0.6 is 11.3 Å². The van der Waals surface area contributed by atoms with Gasteiger partial charge in [-0.3, -0.25) is 9.89 Å². The number of piperidine rings is 1. The Morgan fingerprint density at radius 2 is 2.11 bits per heavy atom. The molecule has 3 heterocycles. The van der Waals surface area contributed by atoms with Crippen LogP contribution in [0.4, 0.5) is 5.82 Å². The number of thiophene rings is 1. The standard InChI is InChI=1S/C21H24N4O2S/c1-27-18-6-3-2-5-15(18)13-21(26)22-16-8-10-25(11-9-16)20-14-17(23-24-20)19-7-4-12-28-19/h2-7,12,14,16H,8-11,13H2,1H3,(H,22,26)(H,23,24). The summed E-state index contributed by atoms with van der Waals surface area (Å²) < 4.78 is 5.33. The summed E-state index contributed by atoms with van der Waals surface area (Å²) in [6.45, 7) is 1.77. The lowest BCUT2D eigenvalue weighted by molar-refractivity contribution is -0.121. The molecule has 0 bridgehead atoms. The van der Waals surface area contributed by atoms with Gasteiger partial charge in [0.25, 0.3) is 0 Å². The van der Waals surface area contributed by atoms with Gasteiger partial charge in [0.1, 0.15) is 5.75 Å². The second-order valence-electron chi connectivity index (χ2n) is 6.93. The number of methoxy groups -OCH3 is 1. The van der Waals surface area contributed by atoms with Crippen LogP contribution in [0.1, 0.15) is 18.4 Å². The number of H-pyrrole nitrogens is 1. The molecule has 0 unspecified atom stereocenters. The van der Waals surface area contributed by atoms with E-state index >= 15 is 0 Å². The van der Waals surface area contributed by atoms with Crippen molar-refractivity contribution in [3.8, 4) is 16.3 Å². The zero-order chi connectivity index (χ0) is 19.3. The van der Waals surface area contributed by atoms with Gasteiger partial charge >= 0.3 is 0 Å². The number of carbonyl (C=O) groups excluding carboxylic acids is 1. The normalized spacial score (nSPS) is 14.8. The van der Waals surface area contributed by atoms with Crippen LogP contribution in [0.15, 0.2) is 47.8 Å². The first-order chi connectivity index (χ1) is 13.7. The Morgan fingerprint density at radius 1 is 1.29 bits per heavy atom. The molecule has 0 spiro atoms. The van der Waals surface area contributed by atoms with Crippen LogP contribution in [0, 0.1) is 0 Å². The predicted molar refractivity (Wildman–Crippen MR) is 112 cm³/mol. The molecule has 1 fully saturated rings. The van der Waals surface area contributed by atoms with E-state index < -0.39 is 0 Å². The van der Waals surface area contributed by atoms with E-state index in [1.165, 1.54) is 4.88 Å². The summed E-state index contributed by atoms with van der Waals surface area (Å²) in [6, 6.07) is 14.1. The third-order valence-corrected chi connectivity index (χ3v) is 5.98. The van der Waals surface area contributed by atoms with Gasteiger partial charge < -0.3 is 15.0 Å². The number of benzene rings is 1. The number of anilines is 1. The summed E-state index contributed by atoms with van der Waals surface area (Å²) in [7, 11) is 1.63. The molecule has 1 aromatic carbocycles. The minimum Gasteiger partial charge on any atom is -0.496 e. The highest BCUT2D eigenvalue weighted by atomic mass is 32.1. The Morgan fingerprint density at radius 3 is 2.86 bits per heavy atom. The quantitative estimate of drug-likeness (QED) is 0.669. The molecule has 6 nitrogen and oxygen atoms in total. The number of hydrogen-bond donors (Lipinski definition) is 2. The van der Waals surface area contributed by atoms with Crippen molar-refractivity contribution in [2.75, 3.05) is 25.1 Å². The predicted octanol–water partition coefficient (Wildman–Crippen LogP) is 3.47. The van der Waals surface area contributed by atoms with E-state index in [0.29, 0.717) is 6.42 Å². The average Bonchev–Trinajstić information content (AvgIpc) is 3.41. The molecular weight excluding hydrogens is 372 g/mol. The molecule has 2 N–H and O–H groups in total. The number of nitrogens with zero attached hydrogens (tertiary/aromatic N) is 2. The van der Waals surface area contributed by atoms with Crippen LogP contribution in [0.2, 0.25) is 0 Å². The number of aromatic nitrogens is 2. The van der Waals surface area contributed by atoms with Gasteiger partial charge in [0.15, 0.2) is 5.82 Å². The van der Waals surface area contributed by atoms with Gasteiger partial charge in [-0.05, 0) is 30.4 Å². The summed E-state index contributed by atoms with van der Waals surface area (Å²) in [6.07, 6.45) is 2.17. The topological polar surface area (TPSA) is 70.2 Å². The second-order valence-corrected chi connectivity index (χ2v) is 7.88. The van der Waals surface area contributed by atoms with Crippen LogP contribution in [-0.4, -0.2) is 42.3 Å². The number of ether oxygens (including phenoxy) is 1. The highest BCUT2D eigenvalue weighted by molar-refractivity contribution is 7.13. The maximum Gasteiger partial charge on any atom is 0.224 e. The van der Waals surface area contributed by atoms with Crippen LogP contribution in [0.3, 0.4) is 0 Å². The maximum absolute atomic E-state index is 12.4. The van der Waals surface area contributed by atoms with Crippen molar-refractivity contribution in [2.24, 2.45) is 0 Å². The molecule has 7 heteroatoms. The molecule has 0 aliphatic carbocycles. The summed E-state index contributed by atoms with van der Waals surface area (Å²) in [5, 5.41) is 12.8. The molecular formula is C21H24N4O2S. The lowest BCUT2D eigenvalue weighted by Gasteiger charge is -2.32. The van der Waals surface area contributed by atoms with Crippen molar-refractivity contribution in [3.63, 3.8) is 0 Å². The number of hydrogen-bond acceptors (Lipinski definition) is 5. The molecule has 1 aliphatic rings. The second kappa shape index (κ2) is 8.48. The fourth-order valence-corrected chi connectivity index (χ4v) is 4.28. The fraction of sp³-hybridized carbons (Fsp3) is 0.333. The zero-order valence-corrected chi connectivity index (χ0v) is 16.7. The molecule has 146 valence electrons. The number of carbonyl (C=O) groups is 1. The molecule has 2 aromatic heterocycles. The lowest BCUT2D eigenvalue weighted by atomic mass is 10.0. The molecule has 1 saturated heterocycles. The highest BCUT2D eigenvalue weighted by Gasteiger charge is 2.23. The molecule has 1 aliphatic heterocycles. The summed E-state index contributed by atoms with van der Waals surface area (Å²) >= 11 is 1.70. The van der Waals surface area contributed by atoms with Crippen molar-refractivity contribution in [2.45, 2.75) is 25.3 Å². The Labute approximate surface area is 168 Å². The van der Waals surface area contributed by atoms with Crippen LogP contribution in [-0.2, 0) is 11.2 Å². The fourth-order valence-electron chi connectivity index (χ4n) is 3.58. The number of amides is 1. The van der Waals surface area contributed by atoms with Gasteiger partial charge in [0.05, 0.1) is 24.1 Å². The Hall–Kier alpha value is -2.80. The van der Waals surface area contributed by atoms with Gasteiger partial charge in [-0.25, -0.2) is 0 Å². The number of para-hydroxylation sites is 1. The van der Waals surface area contributed by atoms with E-state index in [1.54, 1.807) is 18.4 Å². The molecule has 0 radical (unpaired) electrons. The number of rotatable bonds is 6. The van der Waals surface area contributed by atoms with E-state index in [2.05, 4.69) is 37.9 Å². The Bertz CT molecular complexity index is 914. The van der Waals surface area contributed by atoms with E-state index in [9.17, 15) is 4.79 Å². The molecule has 3 aromatic rings. The van der Waals surface area contributed by atoms with Gasteiger partial charge in [-0.2, -0.15) is 5.10 Å². The monoisotopic (exact) mass is 396 g/mol. The first kappa shape index (κ1) is 18.6. The Kier molecular flexibility index (Phi) is 5.62. The van der Waals surface area contributed by atoms with Gasteiger partial charge in [0, 0.05) is 30.8 Å². The molecule has 4 rings (SSSR count). The van der Waals surface area contributed by atoms with E-state index in [-0.39, 0.29) is 11.9 Å². The zero-order valence-electron chi connectivity index (χ0n) is 15.9. The van der Waals surface area contributed by atoms with Crippen molar-refractivity contribution in [3.05, 3.63) is 53.4 Å². The third kappa shape index (κ3) is 4.20. The summed E-state index contributed by atoms with van der Waals surface area (Å²) in [5.74, 6) is 1.78. The van der Waals surface area contributed by atoms with E-state index in [0.717, 1.165) is 48.8 Å². The summed E-state index contributed by atoms with van der Waals surface area (Å²) in [5.41, 5.74) is 1.97. The van der Waals surface area contributed by atoms with E-state index in [1.807, 2.05) is 30.3 Å². The van der Waals surface area contributed by atoms with Crippen molar-refractivity contribution < 1.29 is 9.53 Å². The lowest BCUT2D eigenvalue weighted by Crippen LogP contribution is -2.45. The summed E-state index contributed by atoms with van der Waals surface area (Å²) in [4.78, 5) is 15.9. The van der Waals surface area contributed by atoms with Gasteiger partial charge in [-0.1, -0.05) is 24.3 Å². The van der Waals surface area contributed by atoms with Gasteiger partial charge in [-0.15, -0.1) is 11.3 Å². The van der Waals surface area contributed by atoms with Crippen LogP contribution in [0.25, 0.3) is 10.6 Å².